The molecular weight excluding hydrogens is 352 g/mol. The molecule has 0 saturated carbocycles. The predicted octanol–water partition coefficient (Wildman–Crippen LogP) is 2.10. The number of nitrogens with zero attached hydrogens (tertiary/aromatic N) is 2. The standard InChI is InChI=1S/C18H28N4O3S/c1-13-15(17(25-6)22(5)20-13)12-19-11-14-9-7-8-10-16(14)26(23,24)21-18(2,3)4/h7-10,19,21H,11-12H2,1-6H3. The van der Waals surface area contributed by atoms with E-state index in [2.05, 4.69) is 15.1 Å². The number of benzene rings is 1. The van der Waals surface area contributed by atoms with Crippen LogP contribution in [0.2, 0.25) is 0 Å². The molecule has 0 aliphatic heterocycles. The molecule has 0 saturated heterocycles. The van der Waals surface area contributed by atoms with Gasteiger partial charge in [0.05, 0.1) is 23.3 Å². The monoisotopic (exact) mass is 380 g/mol. The van der Waals surface area contributed by atoms with Gasteiger partial charge in [-0.1, -0.05) is 18.2 Å². The van der Waals surface area contributed by atoms with Gasteiger partial charge in [0.1, 0.15) is 0 Å². The van der Waals surface area contributed by atoms with Crippen LogP contribution in [0.1, 0.15) is 37.6 Å². The lowest BCUT2D eigenvalue weighted by Crippen LogP contribution is -2.40. The lowest BCUT2D eigenvalue weighted by atomic mass is 10.1. The molecule has 144 valence electrons. The van der Waals surface area contributed by atoms with Crippen LogP contribution >= 0.6 is 0 Å². The highest BCUT2D eigenvalue weighted by Gasteiger charge is 2.24. The molecular formula is C18H28N4O3S. The van der Waals surface area contributed by atoms with E-state index >= 15 is 0 Å². The Kier molecular flexibility index (Phi) is 6.10. The van der Waals surface area contributed by atoms with E-state index in [1.807, 2.05) is 46.9 Å². The average molecular weight is 381 g/mol. The highest BCUT2D eigenvalue weighted by atomic mass is 32.2. The Balaban J connectivity index is 2.17. The number of hydrogen-bond donors (Lipinski definition) is 2. The van der Waals surface area contributed by atoms with Crippen molar-refractivity contribution in [1.29, 1.82) is 0 Å². The van der Waals surface area contributed by atoms with Crippen LogP contribution in [-0.4, -0.2) is 30.8 Å². The van der Waals surface area contributed by atoms with Crippen molar-refractivity contribution in [3.05, 3.63) is 41.1 Å². The molecule has 0 spiro atoms. The summed E-state index contributed by atoms with van der Waals surface area (Å²) < 4.78 is 35.2. The van der Waals surface area contributed by atoms with Gasteiger partial charge in [0.2, 0.25) is 15.9 Å². The smallest absolute Gasteiger partial charge is 0.241 e. The van der Waals surface area contributed by atoms with Crippen LogP contribution in [0.25, 0.3) is 0 Å². The van der Waals surface area contributed by atoms with Crippen LogP contribution in [0.4, 0.5) is 0 Å². The van der Waals surface area contributed by atoms with Crippen molar-refractivity contribution in [3.63, 3.8) is 0 Å². The summed E-state index contributed by atoms with van der Waals surface area (Å²) in [5.74, 6) is 0.699. The van der Waals surface area contributed by atoms with Gasteiger partial charge in [0.25, 0.3) is 0 Å². The maximum atomic E-state index is 12.7. The summed E-state index contributed by atoms with van der Waals surface area (Å²) in [5, 5.41) is 7.65. The maximum Gasteiger partial charge on any atom is 0.241 e. The SMILES string of the molecule is COc1c(CNCc2ccccc2S(=O)(=O)NC(C)(C)C)c(C)nn1C. The largest absolute Gasteiger partial charge is 0.481 e. The summed E-state index contributed by atoms with van der Waals surface area (Å²) in [7, 11) is -0.152. The molecule has 0 aliphatic rings. The number of nitrogens with one attached hydrogen (secondary N) is 2. The van der Waals surface area contributed by atoms with Crippen molar-refractivity contribution in [3.8, 4) is 5.88 Å². The second-order valence-electron chi connectivity index (χ2n) is 7.26. The third-order valence-electron chi connectivity index (χ3n) is 3.80. The first-order valence-electron chi connectivity index (χ1n) is 8.44. The van der Waals surface area contributed by atoms with Gasteiger partial charge in [-0.05, 0) is 39.3 Å². The van der Waals surface area contributed by atoms with E-state index in [-0.39, 0.29) is 4.90 Å². The van der Waals surface area contributed by atoms with E-state index in [0.717, 1.165) is 11.3 Å². The minimum absolute atomic E-state index is 0.289. The van der Waals surface area contributed by atoms with Gasteiger partial charge in [-0.3, -0.25) is 0 Å². The Morgan fingerprint density at radius 3 is 2.46 bits per heavy atom. The minimum Gasteiger partial charge on any atom is -0.481 e. The third kappa shape index (κ3) is 4.84. The van der Waals surface area contributed by atoms with Crippen LogP contribution in [0, 0.1) is 6.92 Å². The van der Waals surface area contributed by atoms with Crippen molar-refractivity contribution in [2.75, 3.05) is 7.11 Å². The second kappa shape index (κ2) is 7.77. The summed E-state index contributed by atoms with van der Waals surface area (Å²) in [5.41, 5.74) is 2.01. The fourth-order valence-electron chi connectivity index (χ4n) is 2.83. The molecule has 0 atom stereocenters. The minimum atomic E-state index is -3.59. The zero-order chi connectivity index (χ0) is 19.5. The zero-order valence-electron chi connectivity index (χ0n) is 16.3. The Hall–Kier alpha value is -1.90. The molecule has 1 aromatic heterocycles. The summed E-state index contributed by atoms with van der Waals surface area (Å²) in [6, 6.07) is 7.01. The van der Waals surface area contributed by atoms with E-state index in [4.69, 9.17) is 4.74 Å². The molecule has 0 aliphatic carbocycles. The Labute approximate surface area is 155 Å². The maximum absolute atomic E-state index is 12.7. The molecule has 26 heavy (non-hydrogen) atoms. The summed E-state index contributed by atoms with van der Waals surface area (Å²) in [6.07, 6.45) is 0. The fraction of sp³-hybridized carbons (Fsp3) is 0.500. The van der Waals surface area contributed by atoms with Gasteiger partial charge in [-0.2, -0.15) is 5.10 Å². The first-order chi connectivity index (χ1) is 12.0. The summed E-state index contributed by atoms with van der Waals surface area (Å²) in [6.45, 7) is 8.34. The van der Waals surface area contributed by atoms with Crippen molar-refractivity contribution >= 4 is 10.0 Å². The lowest BCUT2D eigenvalue weighted by molar-refractivity contribution is 0.368. The topological polar surface area (TPSA) is 85.2 Å². The number of sulfonamides is 1. The van der Waals surface area contributed by atoms with Crippen LogP contribution in [0.5, 0.6) is 5.88 Å². The normalized spacial score (nSPS) is 12.4. The van der Waals surface area contributed by atoms with Crippen molar-refractivity contribution in [1.82, 2.24) is 19.8 Å². The molecule has 7 nitrogen and oxygen atoms in total. The zero-order valence-corrected chi connectivity index (χ0v) is 17.1. The number of hydrogen-bond acceptors (Lipinski definition) is 5. The van der Waals surface area contributed by atoms with E-state index in [0.29, 0.717) is 24.5 Å². The van der Waals surface area contributed by atoms with E-state index in [1.54, 1.807) is 23.9 Å². The van der Waals surface area contributed by atoms with Gasteiger partial charge in [0.15, 0.2) is 0 Å². The Morgan fingerprint density at radius 1 is 1.19 bits per heavy atom. The molecule has 0 fully saturated rings. The molecule has 0 unspecified atom stereocenters. The predicted molar refractivity (Wildman–Crippen MR) is 102 cm³/mol. The van der Waals surface area contributed by atoms with Crippen molar-refractivity contribution in [2.24, 2.45) is 7.05 Å². The molecule has 2 N–H and O–H groups in total. The summed E-state index contributed by atoms with van der Waals surface area (Å²) in [4.78, 5) is 0.289. The Bertz CT molecular complexity index is 867. The quantitative estimate of drug-likeness (QED) is 0.768. The van der Waals surface area contributed by atoms with Gasteiger partial charge in [0, 0.05) is 25.7 Å². The average Bonchev–Trinajstić information content (AvgIpc) is 2.78. The number of aryl methyl sites for hydroxylation is 2. The molecule has 1 aromatic carbocycles. The van der Waals surface area contributed by atoms with Crippen LogP contribution < -0.4 is 14.8 Å². The molecule has 0 radical (unpaired) electrons. The van der Waals surface area contributed by atoms with Gasteiger partial charge in [-0.25, -0.2) is 17.8 Å². The molecule has 8 heteroatoms. The highest BCUT2D eigenvalue weighted by Crippen LogP contribution is 2.21. The number of ether oxygens (including phenoxy) is 1. The van der Waals surface area contributed by atoms with Crippen molar-refractivity contribution in [2.45, 2.75) is 51.2 Å². The van der Waals surface area contributed by atoms with Crippen LogP contribution in [0.15, 0.2) is 29.2 Å². The third-order valence-corrected chi connectivity index (χ3v) is 5.66. The molecule has 1 heterocycles. The van der Waals surface area contributed by atoms with Gasteiger partial charge in [-0.15, -0.1) is 0 Å². The number of aromatic nitrogens is 2. The molecule has 2 rings (SSSR count). The van der Waals surface area contributed by atoms with Crippen LogP contribution in [0.3, 0.4) is 0 Å². The van der Waals surface area contributed by atoms with Crippen LogP contribution in [-0.2, 0) is 30.2 Å². The van der Waals surface area contributed by atoms with E-state index in [9.17, 15) is 8.42 Å². The molecule has 2 aromatic rings. The number of rotatable bonds is 7. The number of methoxy groups -OCH3 is 1. The highest BCUT2D eigenvalue weighted by molar-refractivity contribution is 7.89. The lowest BCUT2D eigenvalue weighted by Gasteiger charge is -2.21. The van der Waals surface area contributed by atoms with E-state index < -0.39 is 15.6 Å². The van der Waals surface area contributed by atoms with Gasteiger partial charge < -0.3 is 10.1 Å². The first-order valence-corrected chi connectivity index (χ1v) is 9.92. The first kappa shape index (κ1) is 20.4. The fourth-order valence-corrected chi connectivity index (χ4v) is 4.49. The summed E-state index contributed by atoms with van der Waals surface area (Å²) >= 11 is 0. The van der Waals surface area contributed by atoms with Gasteiger partial charge >= 0.3 is 0 Å². The van der Waals surface area contributed by atoms with E-state index in [1.165, 1.54) is 0 Å². The molecule has 0 bridgehead atoms. The second-order valence-corrected chi connectivity index (χ2v) is 8.91. The molecule has 0 amide bonds. The Morgan fingerprint density at radius 2 is 1.85 bits per heavy atom. The van der Waals surface area contributed by atoms with Crippen molar-refractivity contribution < 1.29 is 13.2 Å².